The second-order valence-corrected chi connectivity index (χ2v) is 5.22. The van der Waals surface area contributed by atoms with Crippen molar-refractivity contribution in [2.24, 2.45) is 17.6 Å². The molecule has 2 rings (SSSR count). The molecule has 1 aromatic rings. The Bertz CT molecular complexity index is 346. The number of benzene rings is 1. The van der Waals surface area contributed by atoms with Gasteiger partial charge in [0.25, 0.3) is 0 Å². The normalized spacial score (nSPS) is 18.8. The maximum atomic E-state index is 12.8. The van der Waals surface area contributed by atoms with Gasteiger partial charge in [-0.25, -0.2) is 4.39 Å². The smallest absolute Gasteiger partial charge is 0.123 e. The summed E-state index contributed by atoms with van der Waals surface area (Å²) in [5.41, 5.74) is 7.04. The fraction of sp³-hybridized carbons (Fsp3) is 0.600. The number of nitrogens with two attached hydrogens (primary N) is 1. The van der Waals surface area contributed by atoms with Gasteiger partial charge in [0.1, 0.15) is 5.82 Å². The number of hydrogen-bond donors (Lipinski definition) is 1. The molecule has 0 saturated carbocycles. The SMILES string of the molecule is NCC(Cc1ccc(F)cc1)CC1CCOCC1. The number of halogens is 1. The lowest BCUT2D eigenvalue weighted by Gasteiger charge is -2.26. The van der Waals surface area contributed by atoms with Crippen LogP contribution in [0.25, 0.3) is 0 Å². The lowest BCUT2D eigenvalue weighted by atomic mass is 9.85. The zero-order chi connectivity index (χ0) is 12.8. The van der Waals surface area contributed by atoms with Gasteiger partial charge in [0.15, 0.2) is 0 Å². The Balaban J connectivity index is 1.86. The summed E-state index contributed by atoms with van der Waals surface area (Å²) in [5, 5.41) is 0. The first-order valence-corrected chi connectivity index (χ1v) is 6.80. The monoisotopic (exact) mass is 251 g/mol. The van der Waals surface area contributed by atoms with E-state index in [0.717, 1.165) is 44.8 Å². The van der Waals surface area contributed by atoms with Gasteiger partial charge in [-0.1, -0.05) is 12.1 Å². The van der Waals surface area contributed by atoms with E-state index in [1.165, 1.54) is 17.7 Å². The van der Waals surface area contributed by atoms with Gasteiger partial charge >= 0.3 is 0 Å². The van der Waals surface area contributed by atoms with Gasteiger partial charge in [-0.15, -0.1) is 0 Å². The van der Waals surface area contributed by atoms with Gasteiger partial charge in [0.2, 0.25) is 0 Å². The van der Waals surface area contributed by atoms with E-state index in [-0.39, 0.29) is 5.82 Å². The van der Waals surface area contributed by atoms with Gasteiger partial charge in [0.05, 0.1) is 0 Å². The Labute approximate surface area is 108 Å². The van der Waals surface area contributed by atoms with Crippen molar-refractivity contribution >= 4 is 0 Å². The molecule has 1 saturated heterocycles. The number of rotatable bonds is 5. The van der Waals surface area contributed by atoms with Crippen molar-refractivity contribution in [3.05, 3.63) is 35.6 Å². The Morgan fingerprint density at radius 2 is 1.89 bits per heavy atom. The van der Waals surface area contributed by atoms with Crippen LogP contribution in [0.2, 0.25) is 0 Å². The quantitative estimate of drug-likeness (QED) is 0.873. The molecule has 1 heterocycles. The van der Waals surface area contributed by atoms with Crippen LogP contribution in [0, 0.1) is 17.7 Å². The first-order valence-electron chi connectivity index (χ1n) is 6.80. The van der Waals surface area contributed by atoms with Crippen molar-refractivity contribution in [2.45, 2.75) is 25.7 Å². The maximum absolute atomic E-state index is 12.8. The average Bonchev–Trinajstić information content (AvgIpc) is 2.41. The lowest BCUT2D eigenvalue weighted by Crippen LogP contribution is -2.24. The second kappa shape index (κ2) is 6.86. The average molecular weight is 251 g/mol. The molecule has 0 amide bonds. The van der Waals surface area contributed by atoms with Crippen molar-refractivity contribution in [1.29, 1.82) is 0 Å². The van der Waals surface area contributed by atoms with Crippen molar-refractivity contribution in [3.8, 4) is 0 Å². The molecule has 100 valence electrons. The summed E-state index contributed by atoms with van der Waals surface area (Å²) in [7, 11) is 0. The number of ether oxygens (including phenoxy) is 1. The second-order valence-electron chi connectivity index (χ2n) is 5.22. The zero-order valence-electron chi connectivity index (χ0n) is 10.8. The Hall–Kier alpha value is -0.930. The molecule has 1 unspecified atom stereocenters. The first kappa shape index (κ1) is 13.5. The van der Waals surface area contributed by atoms with Crippen LogP contribution in [0.3, 0.4) is 0 Å². The summed E-state index contributed by atoms with van der Waals surface area (Å²) in [6.07, 6.45) is 4.42. The Kier molecular flexibility index (Phi) is 5.14. The van der Waals surface area contributed by atoms with Crippen LogP contribution in [0.15, 0.2) is 24.3 Å². The first-order chi connectivity index (χ1) is 8.78. The largest absolute Gasteiger partial charge is 0.381 e. The molecular formula is C15H22FNO. The summed E-state index contributed by atoms with van der Waals surface area (Å²) >= 11 is 0. The molecule has 1 atom stereocenters. The fourth-order valence-corrected chi connectivity index (χ4v) is 2.67. The minimum absolute atomic E-state index is 0.174. The molecule has 0 radical (unpaired) electrons. The highest BCUT2D eigenvalue weighted by Crippen LogP contribution is 2.24. The van der Waals surface area contributed by atoms with Crippen LogP contribution in [-0.2, 0) is 11.2 Å². The van der Waals surface area contributed by atoms with E-state index >= 15 is 0 Å². The highest BCUT2D eigenvalue weighted by Gasteiger charge is 2.18. The summed E-state index contributed by atoms with van der Waals surface area (Å²) in [6.45, 7) is 2.48. The van der Waals surface area contributed by atoms with Gasteiger partial charge < -0.3 is 10.5 Å². The molecule has 3 heteroatoms. The molecule has 1 fully saturated rings. The molecule has 1 aromatic carbocycles. The van der Waals surface area contributed by atoms with E-state index in [1.807, 2.05) is 12.1 Å². The Morgan fingerprint density at radius 3 is 2.50 bits per heavy atom. The van der Waals surface area contributed by atoms with E-state index in [9.17, 15) is 4.39 Å². The van der Waals surface area contributed by atoms with Crippen LogP contribution in [-0.4, -0.2) is 19.8 Å². The third-order valence-electron chi connectivity index (χ3n) is 3.78. The molecule has 0 spiro atoms. The number of hydrogen-bond acceptors (Lipinski definition) is 2. The highest BCUT2D eigenvalue weighted by molar-refractivity contribution is 5.16. The standard InChI is InChI=1S/C15H22FNO/c16-15-3-1-12(2-4-15)9-14(11-17)10-13-5-7-18-8-6-13/h1-4,13-14H,5-11,17H2. The van der Waals surface area contributed by atoms with Crippen LogP contribution >= 0.6 is 0 Å². The molecule has 1 aliphatic rings. The third-order valence-corrected chi connectivity index (χ3v) is 3.78. The molecule has 18 heavy (non-hydrogen) atoms. The molecule has 1 aliphatic heterocycles. The maximum Gasteiger partial charge on any atom is 0.123 e. The minimum atomic E-state index is -0.174. The van der Waals surface area contributed by atoms with Crippen molar-refractivity contribution in [2.75, 3.05) is 19.8 Å². The fourth-order valence-electron chi connectivity index (χ4n) is 2.67. The molecule has 0 aromatic heterocycles. The Morgan fingerprint density at radius 1 is 1.22 bits per heavy atom. The summed E-state index contributed by atoms with van der Waals surface area (Å²) < 4.78 is 18.2. The molecular weight excluding hydrogens is 229 g/mol. The molecule has 2 N–H and O–H groups in total. The van der Waals surface area contributed by atoms with Crippen LogP contribution in [0.4, 0.5) is 4.39 Å². The summed E-state index contributed by atoms with van der Waals surface area (Å²) in [4.78, 5) is 0. The van der Waals surface area contributed by atoms with Gasteiger partial charge in [0, 0.05) is 13.2 Å². The molecule has 0 aliphatic carbocycles. The van der Waals surface area contributed by atoms with E-state index in [1.54, 1.807) is 0 Å². The van der Waals surface area contributed by atoms with Crippen molar-refractivity contribution < 1.29 is 9.13 Å². The van der Waals surface area contributed by atoms with Gasteiger partial charge in [-0.2, -0.15) is 0 Å². The minimum Gasteiger partial charge on any atom is -0.381 e. The van der Waals surface area contributed by atoms with Gasteiger partial charge in [-0.05, 0) is 61.8 Å². The van der Waals surface area contributed by atoms with Crippen LogP contribution < -0.4 is 5.73 Å². The van der Waals surface area contributed by atoms with Gasteiger partial charge in [-0.3, -0.25) is 0 Å². The molecule has 0 bridgehead atoms. The van der Waals surface area contributed by atoms with E-state index in [4.69, 9.17) is 10.5 Å². The van der Waals surface area contributed by atoms with Crippen molar-refractivity contribution in [1.82, 2.24) is 0 Å². The van der Waals surface area contributed by atoms with E-state index in [0.29, 0.717) is 12.5 Å². The summed E-state index contributed by atoms with van der Waals surface area (Å²) in [5.74, 6) is 1.07. The van der Waals surface area contributed by atoms with E-state index < -0.39 is 0 Å². The third kappa shape index (κ3) is 4.07. The molecule has 2 nitrogen and oxygen atoms in total. The topological polar surface area (TPSA) is 35.2 Å². The lowest BCUT2D eigenvalue weighted by molar-refractivity contribution is 0.0589. The summed E-state index contributed by atoms with van der Waals surface area (Å²) in [6, 6.07) is 6.78. The van der Waals surface area contributed by atoms with E-state index in [2.05, 4.69) is 0 Å². The van der Waals surface area contributed by atoms with Crippen molar-refractivity contribution in [3.63, 3.8) is 0 Å². The predicted octanol–water partition coefficient (Wildman–Crippen LogP) is 2.76. The highest BCUT2D eigenvalue weighted by atomic mass is 19.1. The van der Waals surface area contributed by atoms with Crippen LogP contribution in [0.5, 0.6) is 0 Å². The zero-order valence-corrected chi connectivity index (χ0v) is 10.8. The predicted molar refractivity (Wildman–Crippen MR) is 70.8 cm³/mol. The van der Waals surface area contributed by atoms with Crippen LogP contribution in [0.1, 0.15) is 24.8 Å².